The number of alkyl halides is 3. The monoisotopic (exact) mass is 268 g/mol. The summed E-state index contributed by atoms with van der Waals surface area (Å²) in [7, 11) is 0. The summed E-state index contributed by atoms with van der Waals surface area (Å²) < 4.78 is 43.3. The Morgan fingerprint density at radius 1 is 1.26 bits per heavy atom. The summed E-state index contributed by atoms with van der Waals surface area (Å²) in [4.78, 5) is 5.27. The summed E-state index contributed by atoms with van der Waals surface area (Å²) in [6, 6.07) is 7.57. The molecular formula is C13H11F3N2O. The second kappa shape index (κ2) is 4.01. The fourth-order valence-corrected chi connectivity index (χ4v) is 2.30. The van der Waals surface area contributed by atoms with Crippen LogP contribution in [0, 0.1) is 6.92 Å². The summed E-state index contributed by atoms with van der Waals surface area (Å²) in [6.07, 6.45) is -3.70. The second-order valence-corrected chi connectivity index (χ2v) is 4.43. The molecule has 1 aliphatic rings. The topological polar surface area (TPSA) is 29.3 Å². The molecule has 0 saturated heterocycles. The van der Waals surface area contributed by atoms with Gasteiger partial charge in [-0.15, -0.1) is 0 Å². The molecule has 0 fully saturated rings. The molecule has 0 bridgehead atoms. The Hall–Kier alpha value is -1.98. The van der Waals surface area contributed by atoms with Crippen molar-refractivity contribution >= 4 is 11.7 Å². The molecule has 6 heteroatoms. The van der Waals surface area contributed by atoms with Crippen LogP contribution < -0.4 is 4.90 Å². The number of rotatable bonds is 1. The Morgan fingerprint density at radius 3 is 2.68 bits per heavy atom. The van der Waals surface area contributed by atoms with Crippen molar-refractivity contribution in [3.05, 3.63) is 41.3 Å². The molecule has 19 heavy (non-hydrogen) atoms. The van der Waals surface area contributed by atoms with E-state index in [1.54, 1.807) is 4.90 Å². The summed E-state index contributed by atoms with van der Waals surface area (Å²) in [5.74, 6) is -0.202. The smallest absolute Gasteiger partial charge is 0.428 e. The lowest BCUT2D eigenvalue weighted by Gasteiger charge is -2.13. The van der Waals surface area contributed by atoms with E-state index in [0.29, 0.717) is 6.54 Å². The van der Waals surface area contributed by atoms with Crippen LogP contribution in [0.4, 0.5) is 24.9 Å². The largest absolute Gasteiger partial charge is 0.436 e. The van der Waals surface area contributed by atoms with Gasteiger partial charge in [0.25, 0.3) is 0 Å². The van der Waals surface area contributed by atoms with Crippen LogP contribution in [0.15, 0.2) is 28.7 Å². The predicted molar refractivity (Wildman–Crippen MR) is 63.4 cm³/mol. The van der Waals surface area contributed by atoms with Crippen molar-refractivity contribution in [2.24, 2.45) is 0 Å². The standard InChI is InChI=1S/C13H11F3N2O/c1-8-11(13(14,15)16)17-12(19-8)18-7-6-9-4-2-3-5-10(9)18/h2-5H,6-7H2,1H3. The Kier molecular flexibility index (Phi) is 2.55. The maximum atomic E-state index is 12.7. The van der Waals surface area contributed by atoms with Gasteiger partial charge in [-0.05, 0) is 25.0 Å². The summed E-state index contributed by atoms with van der Waals surface area (Å²) in [5, 5.41) is 0. The molecule has 1 aromatic carbocycles. The van der Waals surface area contributed by atoms with Gasteiger partial charge in [-0.2, -0.15) is 18.2 Å². The van der Waals surface area contributed by atoms with Gasteiger partial charge in [0, 0.05) is 12.2 Å². The van der Waals surface area contributed by atoms with Crippen LogP contribution in [0.5, 0.6) is 0 Å². The molecule has 0 atom stereocenters. The number of halogens is 3. The molecule has 0 unspecified atom stereocenters. The summed E-state index contributed by atoms with van der Waals surface area (Å²) in [5.41, 5.74) is 0.997. The van der Waals surface area contributed by atoms with E-state index >= 15 is 0 Å². The molecule has 1 aliphatic heterocycles. The van der Waals surface area contributed by atoms with Crippen LogP contribution in [0.2, 0.25) is 0 Å². The van der Waals surface area contributed by atoms with Crippen molar-refractivity contribution in [1.29, 1.82) is 0 Å². The first kappa shape index (κ1) is 12.1. The molecule has 0 spiro atoms. The number of oxazole rings is 1. The molecule has 1 aromatic heterocycles. The number of nitrogens with zero attached hydrogens (tertiary/aromatic N) is 2. The zero-order valence-electron chi connectivity index (χ0n) is 10.2. The predicted octanol–water partition coefficient (Wildman–Crippen LogP) is 3.70. The van der Waals surface area contributed by atoms with E-state index in [2.05, 4.69) is 4.98 Å². The average molecular weight is 268 g/mol. The van der Waals surface area contributed by atoms with Crippen molar-refractivity contribution in [2.45, 2.75) is 19.5 Å². The third kappa shape index (κ3) is 1.97. The van der Waals surface area contributed by atoms with Gasteiger partial charge in [-0.25, -0.2) is 0 Å². The SMILES string of the molecule is Cc1oc(N2CCc3ccccc32)nc1C(F)(F)F. The van der Waals surface area contributed by atoms with Crippen molar-refractivity contribution in [3.8, 4) is 0 Å². The first-order chi connectivity index (χ1) is 8.97. The molecule has 0 radical (unpaired) electrons. The van der Waals surface area contributed by atoms with E-state index in [4.69, 9.17) is 4.42 Å². The zero-order valence-corrected chi connectivity index (χ0v) is 10.2. The number of hydrogen-bond donors (Lipinski definition) is 0. The number of anilines is 2. The number of para-hydroxylation sites is 1. The number of benzene rings is 1. The number of fused-ring (bicyclic) bond motifs is 1. The fraction of sp³-hybridized carbons (Fsp3) is 0.308. The van der Waals surface area contributed by atoms with Gasteiger partial charge in [-0.1, -0.05) is 18.2 Å². The normalized spacial score (nSPS) is 14.8. The highest BCUT2D eigenvalue weighted by molar-refractivity contribution is 5.65. The minimum atomic E-state index is -4.48. The molecule has 0 N–H and O–H groups in total. The number of hydrogen-bond acceptors (Lipinski definition) is 3. The molecule has 2 aromatic rings. The Labute approximate surface area is 107 Å². The van der Waals surface area contributed by atoms with Gasteiger partial charge >= 0.3 is 12.2 Å². The van der Waals surface area contributed by atoms with Crippen LogP contribution in [0.3, 0.4) is 0 Å². The van der Waals surface area contributed by atoms with Gasteiger partial charge in [0.15, 0.2) is 5.69 Å². The molecule has 0 aliphatic carbocycles. The Bertz CT molecular complexity index is 619. The van der Waals surface area contributed by atoms with Crippen LogP contribution in [-0.4, -0.2) is 11.5 Å². The van der Waals surface area contributed by atoms with Crippen molar-refractivity contribution in [1.82, 2.24) is 4.98 Å². The van der Waals surface area contributed by atoms with Gasteiger partial charge in [0.05, 0.1) is 0 Å². The maximum absolute atomic E-state index is 12.7. The van der Waals surface area contributed by atoms with Gasteiger partial charge < -0.3 is 4.42 Å². The molecule has 3 rings (SSSR count). The van der Waals surface area contributed by atoms with Gasteiger partial charge in [0.1, 0.15) is 5.76 Å². The third-order valence-electron chi connectivity index (χ3n) is 3.17. The van der Waals surface area contributed by atoms with Crippen molar-refractivity contribution < 1.29 is 17.6 Å². The minimum absolute atomic E-state index is 0.00905. The summed E-state index contributed by atoms with van der Waals surface area (Å²) >= 11 is 0. The fourth-order valence-electron chi connectivity index (χ4n) is 2.30. The number of aryl methyl sites for hydroxylation is 1. The van der Waals surface area contributed by atoms with Crippen LogP contribution in [0.1, 0.15) is 17.0 Å². The quantitative estimate of drug-likeness (QED) is 0.789. The lowest BCUT2D eigenvalue weighted by Crippen LogP contribution is -2.14. The molecular weight excluding hydrogens is 257 g/mol. The van der Waals surface area contributed by atoms with Crippen molar-refractivity contribution in [3.63, 3.8) is 0 Å². The van der Waals surface area contributed by atoms with Gasteiger partial charge in [-0.3, -0.25) is 4.90 Å². The average Bonchev–Trinajstić information content (AvgIpc) is 2.91. The lowest BCUT2D eigenvalue weighted by molar-refractivity contribution is -0.141. The maximum Gasteiger partial charge on any atom is 0.436 e. The van der Waals surface area contributed by atoms with Crippen LogP contribution in [-0.2, 0) is 12.6 Å². The highest BCUT2D eigenvalue weighted by atomic mass is 19.4. The van der Waals surface area contributed by atoms with E-state index in [1.165, 1.54) is 6.92 Å². The number of aromatic nitrogens is 1. The van der Waals surface area contributed by atoms with E-state index in [9.17, 15) is 13.2 Å². The van der Waals surface area contributed by atoms with E-state index in [-0.39, 0.29) is 11.8 Å². The van der Waals surface area contributed by atoms with E-state index < -0.39 is 11.9 Å². The van der Waals surface area contributed by atoms with Crippen molar-refractivity contribution in [2.75, 3.05) is 11.4 Å². The lowest BCUT2D eigenvalue weighted by atomic mass is 10.2. The zero-order chi connectivity index (χ0) is 13.6. The van der Waals surface area contributed by atoms with Crippen LogP contribution in [0.25, 0.3) is 0 Å². The molecule has 2 heterocycles. The second-order valence-electron chi connectivity index (χ2n) is 4.43. The molecule has 0 amide bonds. The highest BCUT2D eigenvalue weighted by Crippen LogP contribution is 2.38. The minimum Gasteiger partial charge on any atom is -0.428 e. The molecule has 3 nitrogen and oxygen atoms in total. The Balaban J connectivity index is 2.01. The highest BCUT2D eigenvalue weighted by Gasteiger charge is 2.38. The summed E-state index contributed by atoms with van der Waals surface area (Å²) in [6.45, 7) is 1.86. The molecule has 100 valence electrons. The van der Waals surface area contributed by atoms with E-state index in [1.807, 2.05) is 24.3 Å². The first-order valence-electron chi connectivity index (χ1n) is 5.87. The van der Waals surface area contributed by atoms with E-state index in [0.717, 1.165) is 17.7 Å². The van der Waals surface area contributed by atoms with Gasteiger partial charge in [0.2, 0.25) is 0 Å². The van der Waals surface area contributed by atoms with Crippen LogP contribution >= 0.6 is 0 Å². The third-order valence-corrected chi connectivity index (χ3v) is 3.17. The Morgan fingerprint density at radius 2 is 2.00 bits per heavy atom. The first-order valence-corrected chi connectivity index (χ1v) is 5.87. The molecule has 0 saturated carbocycles.